The van der Waals surface area contributed by atoms with Gasteiger partial charge >= 0.3 is 5.97 Å². The maximum absolute atomic E-state index is 12.0. The summed E-state index contributed by atoms with van der Waals surface area (Å²) in [5.41, 5.74) is 0.612. The molecule has 1 aromatic carbocycles. The molecule has 2 aliphatic heterocycles. The van der Waals surface area contributed by atoms with Gasteiger partial charge in [-0.05, 0) is 18.6 Å². The van der Waals surface area contributed by atoms with E-state index in [1.807, 2.05) is 0 Å². The molecular formula is C15H17NO6. The Hall–Kier alpha value is -2.44. The highest BCUT2D eigenvalue weighted by Gasteiger charge is 2.49. The number of fused-ring (bicyclic) bond motifs is 1. The zero-order chi connectivity index (χ0) is 15.9. The number of amides is 1. The lowest BCUT2D eigenvalue weighted by Crippen LogP contribution is -2.31. The van der Waals surface area contributed by atoms with Crippen LogP contribution < -0.4 is 14.2 Å². The fraction of sp³-hybridized carbons (Fsp3) is 0.467. The lowest BCUT2D eigenvalue weighted by atomic mass is 10.1. The number of carbonyl (C=O) groups is 2. The first-order chi connectivity index (χ1) is 10.6. The zero-order valence-corrected chi connectivity index (χ0v) is 12.6. The van der Waals surface area contributed by atoms with Crippen LogP contribution >= 0.6 is 0 Å². The number of methoxy groups -OCH3 is 3. The van der Waals surface area contributed by atoms with Crippen molar-refractivity contribution in [1.29, 1.82) is 0 Å². The minimum absolute atomic E-state index is 0.0883. The van der Waals surface area contributed by atoms with Crippen molar-refractivity contribution in [2.24, 2.45) is 0 Å². The number of carbonyl (C=O) groups excluding carboxylic acids is 2. The van der Waals surface area contributed by atoms with E-state index in [0.29, 0.717) is 35.7 Å². The zero-order valence-electron chi connectivity index (χ0n) is 12.6. The Morgan fingerprint density at radius 2 is 1.73 bits per heavy atom. The summed E-state index contributed by atoms with van der Waals surface area (Å²) in [7, 11) is 4.52. The van der Waals surface area contributed by atoms with Crippen molar-refractivity contribution >= 4 is 11.9 Å². The maximum atomic E-state index is 12.0. The van der Waals surface area contributed by atoms with Crippen molar-refractivity contribution in [1.82, 2.24) is 4.90 Å². The third-order valence-corrected chi connectivity index (χ3v) is 3.98. The van der Waals surface area contributed by atoms with Gasteiger partial charge < -0.3 is 18.9 Å². The van der Waals surface area contributed by atoms with E-state index < -0.39 is 12.3 Å². The van der Waals surface area contributed by atoms with Gasteiger partial charge in [0.1, 0.15) is 6.04 Å². The summed E-state index contributed by atoms with van der Waals surface area (Å²) in [5.74, 6) is 0.882. The summed E-state index contributed by atoms with van der Waals surface area (Å²) in [6.45, 7) is 0. The normalized spacial score (nSPS) is 23.3. The van der Waals surface area contributed by atoms with Crippen LogP contribution in [-0.2, 0) is 14.3 Å². The van der Waals surface area contributed by atoms with Crippen molar-refractivity contribution in [2.45, 2.75) is 25.1 Å². The Labute approximate surface area is 127 Å². The van der Waals surface area contributed by atoms with Gasteiger partial charge in [0.25, 0.3) is 0 Å². The number of rotatable bonds is 4. The summed E-state index contributed by atoms with van der Waals surface area (Å²) >= 11 is 0. The molecule has 7 nitrogen and oxygen atoms in total. The summed E-state index contributed by atoms with van der Waals surface area (Å²) in [6, 6.07) is 2.89. The Balaban J connectivity index is 2.05. The number of benzene rings is 1. The molecule has 3 rings (SSSR count). The molecule has 22 heavy (non-hydrogen) atoms. The predicted molar refractivity (Wildman–Crippen MR) is 74.8 cm³/mol. The first-order valence-corrected chi connectivity index (χ1v) is 6.92. The monoisotopic (exact) mass is 307 g/mol. The van der Waals surface area contributed by atoms with Gasteiger partial charge in [0, 0.05) is 12.0 Å². The van der Waals surface area contributed by atoms with Gasteiger partial charge in [0.15, 0.2) is 11.5 Å². The molecule has 0 aliphatic carbocycles. The molecule has 0 radical (unpaired) electrons. The maximum Gasteiger partial charge on any atom is 0.331 e. The molecule has 118 valence electrons. The first kappa shape index (κ1) is 14.5. The van der Waals surface area contributed by atoms with E-state index in [2.05, 4.69) is 0 Å². The Morgan fingerprint density at radius 3 is 2.27 bits per heavy atom. The number of hydrogen-bond donors (Lipinski definition) is 0. The van der Waals surface area contributed by atoms with Crippen molar-refractivity contribution in [3.8, 4) is 17.2 Å². The standard InChI is InChI=1S/C15H17NO6/c1-19-10-6-8(7-11(20-2)13(10)21-3)14-16-9(15(18)22-14)4-5-12(16)17/h6-7,9,14H,4-5H2,1-3H3/t9-,14+/m0/s1. The minimum Gasteiger partial charge on any atom is -0.493 e. The van der Waals surface area contributed by atoms with Crippen molar-refractivity contribution in [3.63, 3.8) is 0 Å². The second kappa shape index (κ2) is 5.40. The molecule has 7 heteroatoms. The molecule has 2 fully saturated rings. The van der Waals surface area contributed by atoms with Crippen LogP contribution in [0.25, 0.3) is 0 Å². The van der Waals surface area contributed by atoms with Crippen LogP contribution in [0, 0.1) is 0 Å². The van der Waals surface area contributed by atoms with Crippen molar-refractivity contribution in [2.75, 3.05) is 21.3 Å². The summed E-state index contributed by atoms with van der Waals surface area (Å²) < 4.78 is 21.2. The van der Waals surface area contributed by atoms with Gasteiger partial charge in [0.2, 0.25) is 17.9 Å². The largest absolute Gasteiger partial charge is 0.493 e. The van der Waals surface area contributed by atoms with Crippen LogP contribution in [0.2, 0.25) is 0 Å². The van der Waals surface area contributed by atoms with E-state index in [4.69, 9.17) is 18.9 Å². The molecular weight excluding hydrogens is 290 g/mol. The molecule has 2 saturated heterocycles. The number of esters is 1. The predicted octanol–water partition coefficient (Wildman–Crippen LogP) is 1.26. The molecule has 2 heterocycles. The number of nitrogens with zero attached hydrogens (tertiary/aromatic N) is 1. The third-order valence-electron chi connectivity index (χ3n) is 3.98. The fourth-order valence-electron chi connectivity index (χ4n) is 2.95. The Morgan fingerprint density at radius 1 is 1.09 bits per heavy atom. The van der Waals surface area contributed by atoms with Crippen LogP contribution in [0.5, 0.6) is 17.2 Å². The molecule has 0 unspecified atom stereocenters. The van der Waals surface area contributed by atoms with Gasteiger partial charge in [-0.2, -0.15) is 0 Å². The van der Waals surface area contributed by atoms with E-state index in [-0.39, 0.29) is 11.9 Å². The van der Waals surface area contributed by atoms with Gasteiger partial charge in [-0.15, -0.1) is 0 Å². The van der Waals surface area contributed by atoms with Crippen LogP contribution in [0.15, 0.2) is 12.1 Å². The van der Waals surface area contributed by atoms with Gasteiger partial charge in [0.05, 0.1) is 21.3 Å². The van der Waals surface area contributed by atoms with Crippen LogP contribution in [0.3, 0.4) is 0 Å². The third kappa shape index (κ3) is 2.04. The lowest BCUT2D eigenvalue weighted by Gasteiger charge is -2.22. The average molecular weight is 307 g/mol. The smallest absolute Gasteiger partial charge is 0.331 e. The minimum atomic E-state index is -0.749. The number of cyclic esters (lactones) is 1. The molecule has 0 saturated carbocycles. The highest BCUT2D eigenvalue weighted by molar-refractivity contribution is 5.91. The molecule has 0 spiro atoms. The molecule has 0 bridgehead atoms. The Kier molecular flexibility index (Phi) is 3.56. The topological polar surface area (TPSA) is 74.3 Å². The molecule has 0 aromatic heterocycles. The van der Waals surface area contributed by atoms with Crippen molar-refractivity contribution in [3.05, 3.63) is 17.7 Å². The van der Waals surface area contributed by atoms with E-state index in [1.165, 1.54) is 26.2 Å². The second-order valence-corrected chi connectivity index (χ2v) is 5.10. The lowest BCUT2D eigenvalue weighted by molar-refractivity contribution is -0.144. The van der Waals surface area contributed by atoms with Gasteiger partial charge in [-0.1, -0.05) is 0 Å². The molecule has 2 aliphatic rings. The molecule has 1 amide bonds. The van der Waals surface area contributed by atoms with E-state index in [9.17, 15) is 9.59 Å². The van der Waals surface area contributed by atoms with E-state index in [0.717, 1.165) is 0 Å². The summed E-state index contributed by atoms with van der Waals surface area (Å²) in [5, 5.41) is 0. The summed E-state index contributed by atoms with van der Waals surface area (Å²) in [6.07, 6.45) is 0.112. The van der Waals surface area contributed by atoms with Gasteiger partial charge in [-0.25, -0.2) is 4.79 Å². The fourth-order valence-corrected chi connectivity index (χ4v) is 2.95. The van der Waals surface area contributed by atoms with Gasteiger partial charge in [-0.3, -0.25) is 9.69 Å². The van der Waals surface area contributed by atoms with Crippen LogP contribution in [-0.4, -0.2) is 44.1 Å². The van der Waals surface area contributed by atoms with Crippen LogP contribution in [0.1, 0.15) is 24.6 Å². The van der Waals surface area contributed by atoms with Crippen molar-refractivity contribution < 1.29 is 28.5 Å². The molecule has 0 N–H and O–H groups in total. The first-order valence-electron chi connectivity index (χ1n) is 6.92. The quantitative estimate of drug-likeness (QED) is 0.780. The summed E-state index contributed by atoms with van der Waals surface area (Å²) in [4.78, 5) is 25.4. The van der Waals surface area contributed by atoms with E-state index >= 15 is 0 Å². The van der Waals surface area contributed by atoms with E-state index in [1.54, 1.807) is 12.1 Å². The molecule has 1 aromatic rings. The number of hydrogen-bond acceptors (Lipinski definition) is 6. The highest BCUT2D eigenvalue weighted by Crippen LogP contribution is 2.44. The highest BCUT2D eigenvalue weighted by atomic mass is 16.6. The number of ether oxygens (including phenoxy) is 4. The SMILES string of the molecule is COc1cc([C@H]2OC(=O)[C@@H]3CCC(=O)N23)cc(OC)c1OC. The molecule has 2 atom stereocenters. The average Bonchev–Trinajstić information content (AvgIpc) is 3.07. The van der Waals surface area contributed by atoms with Crippen LogP contribution in [0.4, 0.5) is 0 Å². The Bertz CT molecular complexity index is 601. The second-order valence-electron chi connectivity index (χ2n) is 5.10.